The monoisotopic (exact) mass is 200 g/mol. The third-order valence-electron chi connectivity index (χ3n) is 2.28. The third kappa shape index (κ3) is 4.75. The second-order valence-corrected chi connectivity index (χ2v) is 5.38. The summed E-state index contributed by atoms with van der Waals surface area (Å²) in [4.78, 5) is 11.8. The van der Waals surface area contributed by atoms with Gasteiger partial charge in [0.05, 0.1) is 0 Å². The molecule has 0 aromatic heterocycles. The predicted octanol–water partition coefficient (Wildman–Crippen LogP) is 3.05. The van der Waals surface area contributed by atoms with Crippen molar-refractivity contribution in [1.29, 1.82) is 0 Å². The first-order chi connectivity index (χ1) is 6.29. The molecule has 0 heterocycles. The average molecular weight is 200 g/mol. The molecule has 2 heteroatoms. The van der Waals surface area contributed by atoms with Gasteiger partial charge in [0.15, 0.2) is 5.78 Å². The lowest BCUT2D eigenvalue weighted by Crippen LogP contribution is -2.36. The Balaban J connectivity index is 4.20. The summed E-state index contributed by atoms with van der Waals surface area (Å²) in [6.45, 7) is 10.4. The molecule has 0 aliphatic rings. The number of hydrogen-bond donors (Lipinski definition) is 0. The van der Waals surface area contributed by atoms with Crippen LogP contribution in [0.1, 0.15) is 47.5 Å². The molecule has 14 heavy (non-hydrogen) atoms. The Kier molecular flexibility index (Phi) is 5.35. The lowest BCUT2D eigenvalue weighted by atomic mass is 9.84. The van der Waals surface area contributed by atoms with Gasteiger partial charge in [0.25, 0.3) is 0 Å². The smallest absolute Gasteiger partial charge is 0.162 e. The molecule has 0 radical (unpaired) electrons. The number of hydrogen-bond acceptors (Lipinski definition) is 2. The molecule has 0 bridgehead atoms. The molecule has 0 aromatic rings. The number of carbonyl (C=O) groups is 1. The molecule has 0 saturated carbocycles. The first-order valence-corrected chi connectivity index (χ1v) is 5.34. The maximum Gasteiger partial charge on any atom is 0.162 e. The molecule has 0 N–H and O–H groups in total. The largest absolute Gasteiger partial charge is 0.373 e. The quantitative estimate of drug-likeness (QED) is 0.682. The van der Waals surface area contributed by atoms with Crippen molar-refractivity contribution in [2.75, 3.05) is 7.11 Å². The summed E-state index contributed by atoms with van der Waals surface area (Å²) >= 11 is 0. The summed E-state index contributed by atoms with van der Waals surface area (Å²) in [7, 11) is 1.61. The highest BCUT2D eigenvalue weighted by Gasteiger charge is 2.30. The van der Waals surface area contributed by atoms with E-state index in [1.54, 1.807) is 7.11 Å². The van der Waals surface area contributed by atoms with Crippen LogP contribution in [0.2, 0.25) is 0 Å². The van der Waals surface area contributed by atoms with E-state index >= 15 is 0 Å². The van der Waals surface area contributed by atoms with Crippen LogP contribution in [0.5, 0.6) is 0 Å². The molecule has 1 unspecified atom stereocenters. The number of methoxy groups -OCH3 is 1. The number of ketones is 1. The summed E-state index contributed by atoms with van der Waals surface area (Å²) in [5.41, 5.74) is -0.0944. The topological polar surface area (TPSA) is 26.3 Å². The molecule has 84 valence electrons. The van der Waals surface area contributed by atoms with Crippen LogP contribution >= 0.6 is 0 Å². The molecule has 0 amide bonds. The Hall–Kier alpha value is -0.370. The van der Waals surface area contributed by atoms with Gasteiger partial charge in [-0.1, -0.05) is 34.6 Å². The van der Waals surface area contributed by atoms with Crippen molar-refractivity contribution in [3.63, 3.8) is 0 Å². The van der Waals surface area contributed by atoms with Gasteiger partial charge in [0.2, 0.25) is 0 Å². The fourth-order valence-corrected chi connectivity index (χ4v) is 1.53. The van der Waals surface area contributed by atoms with Gasteiger partial charge in [-0.15, -0.1) is 0 Å². The van der Waals surface area contributed by atoms with E-state index in [0.717, 1.165) is 6.42 Å². The van der Waals surface area contributed by atoms with Gasteiger partial charge < -0.3 is 4.74 Å². The Bertz CT molecular complexity index is 177. The van der Waals surface area contributed by atoms with Crippen molar-refractivity contribution < 1.29 is 9.53 Å². The highest BCUT2D eigenvalue weighted by molar-refractivity contribution is 5.83. The number of ether oxygens (including phenoxy) is 1. The lowest BCUT2D eigenvalue weighted by molar-refractivity contribution is -0.135. The highest BCUT2D eigenvalue weighted by atomic mass is 16.5. The molecule has 0 saturated heterocycles. The Morgan fingerprint density at radius 1 is 1.29 bits per heavy atom. The summed E-state index contributed by atoms with van der Waals surface area (Å²) < 4.78 is 5.26. The van der Waals surface area contributed by atoms with E-state index in [2.05, 4.69) is 13.8 Å². The minimum Gasteiger partial charge on any atom is -0.373 e. The zero-order valence-corrected chi connectivity index (χ0v) is 10.4. The van der Waals surface area contributed by atoms with Crippen molar-refractivity contribution in [3.05, 3.63) is 0 Å². The summed E-state index contributed by atoms with van der Waals surface area (Å²) in [5.74, 6) is 0.810. The molecule has 0 aromatic carbocycles. The van der Waals surface area contributed by atoms with E-state index in [-0.39, 0.29) is 17.3 Å². The van der Waals surface area contributed by atoms with E-state index in [4.69, 9.17) is 4.74 Å². The average Bonchev–Trinajstić information content (AvgIpc) is 1.99. The van der Waals surface area contributed by atoms with Gasteiger partial charge in [-0.05, 0) is 17.8 Å². The normalized spacial score (nSPS) is 14.5. The van der Waals surface area contributed by atoms with Gasteiger partial charge in [-0.3, -0.25) is 4.79 Å². The molecule has 1 atom stereocenters. The molecule has 0 aliphatic carbocycles. The molecule has 0 rings (SSSR count). The SMILES string of the molecule is COC(C(=O)CCC(C)C)C(C)(C)C. The van der Waals surface area contributed by atoms with Crippen molar-refractivity contribution >= 4 is 5.78 Å². The van der Waals surface area contributed by atoms with Gasteiger partial charge >= 0.3 is 0 Å². The van der Waals surface area contributed by atoms with Crippen LogP contribution in [-0.4, -0.2) is 19.0 Å². The van der Waals surface area contributed by atoms with Gasteiger partial charge in [0.1, 0.15) is 6.10 Å². The first kappa shape index (κ1) is 13.6. The van der Waals surface area contributed by atoms with Crippen LogP contribution in [0.15, 0.2) is 0 Å². The number of carbonyl (C=O) groups excluding carboxylic acids is 1. The first-order valence-electron chi connectivity index (χ1n) is 5.34. The molecule has 0 aliphatic heterocycles. The van der Waals surface area contributed by atoms with Crippen molar-refractivity contribution in [1.82, 2.24) is 0 Å². The maximum absolute atomic E-state index is 11.8. The molecule has 0 spiro atoms. The van der Waals surface area contributed by atoms with Crippen molar-refractivity contribution in [2.24, 2.45) is 11.3 Å². The summed E-state index contributed by atoms with van der Waals surface area (Å²) in [6.07, 6.45) is 1.32. The molecular formula is C12H24O2. The van der Waals surface area contributed by atoms with Gasteiger partial charge in [0, 0.05) is 13.5 Å². The van der Waals surface area contributed by atoms with E-state index in [1.807, 2.05) is 20.8 Å². The van der Waals surface area contributed by atoms with Gasteiger partial charge in [-0.25, -0.2) is 0 Å². The van der Waals surface area contributed by atoms with Gasteiger partial charge in [-0.2, -0.15) is 0 Å². The fourth-order valence-electron chi connectivity index (χ4n) is 1.53. The van der Waals surface area contributed by atoms with Crippen LogP contribution in [0.4, 0.5) is 0 Å². The summed E-state index contributed by atoms with van der Waals surface area (Å²) in [6, 6.07) is 0. The Morgan fingerprint density at radius 3 is 2.07 bits per heavy atom. The highest BCUT2D eigenvalue weighted by Crippen LogP contribution is 2.24. The zero-order chi connectivity index (χ0) is 11.4. The summed E-state index contributed by atoms with van der Waals surface area (Å²) in [5, 5.41) is 0. The van der Waals surface area contributed by atoms with E-state index < -0.39 is 0 Å². The van der Waals surface area contributed by atoms with Crippen molar-refractivity contribution in [2.45, 2.75) is 53.6 Å². The maximum atomic E-state index is 11.8. The van der Waals surface area contributed by atoms with E-state index in [0.29, 0.717) is 12.3 Å². The second kappa shape index (κ2) is 5.50. The lowest BCUT2D eigenvalue weighted by Gasteiger charge is -2.28. The van der Waals surface area contributed by atoms with Crippen molar-refractivity contribution in [3.8, 4) is 0 Å². The number of rotatable bonds is 5. The predicted molar refractivity (Wildman–Crippen MR) is 59.3 cm³/mol. The van der Waals surface area contributed by atoms with Crippen LogP contribution in [-0.2, 0) is 9.53 Å². The zero-order valence-electron chi connectivity index (χ0n) is 10.4. The molecular weight excluding hydrogens is 176 g/mol. The minimum atomic E-state index is -0.263. The Morgan fingerprint density at radius 2 is 1.79 bits per heavy atom. The molecule has 0 fully saturated rings. The van der Waals surface area contributed by atoms with Crippen LogP contribution in [0, 0.1) is 11.3 Å². The molecule has 2 nitrogen and oxygen atoms in total. The third-order valence-corrected chi connectivity index (χ3v) is 2.28. The van der Waals surface area contributed by atoms with Crippen LogP contribution in [0.25, 0.3) is 0 Å². The second-order valence-electron chi connectivity index (χ2n) is 5.38. The standard InChI is InChI=1S/C12H24O2/c1-9(2)7-8-10(13)11(14-6)12(3,4)5/h9,11H,7-8H2,1-6H3. The van der Waals surface area contributed by atoms with Crippen LogP contribution in [0.3, 0.4) is 0 Å². The minimum absolute atomic E-state index is 0.0944. The fraction of sp³-hybridized carbons (Fsp3) is 0.917. The van der Waals surface area contributed by atoms with E-state index in [1.165, 1.54) is 0 Å². The number of Topliss-reactive ketones (excluding diaryl/α,β-unsaturated/α-hetero) is 1. The van der Waals surface area contributed by atoms with Crippen LogP contribution < -0.4 is 0 Å². The van der Waals surface area contributed by atoms with E-state index in [9.17, 15) is 4.79 Å². The Labute approximate surface area is 88.0 Å².